The van der Waals surface area contributed by atoms with Crippen LogP contribution in [0.2, 0.25) is 0 Å². The largest absolute Gasteiger partial charge is 0.480 e. The van der Waals surface area contributed by atoms with Crippen LogP contribution in [0.1, 0.15) is 71.4 Å². The third kappa shape index (κ3) is 10.7. The maximum absolute atomic E-state index is 12.8. The van der Waals surface area contributed by atoms with E-state index in [0.29, 0.717) is 0 Å². The average Bonchev–Trinajstić information content (AvgIpc) is 3.26. The normalized spacial score (nSPS) is 12.8. The number of carbonyl (C=O) groups is 4. The predicted molar refractivity (Wildman–Crippen MR) is 175 cm³/mol. The molecule has 3 rings (SSSR count). The van der Waals surface area contributed by atoms with E-state index < -0.39 is 41.5 Å². The fourth-order valence-corrected chi connectivity index (χ4v) is 4.78. The van der Waals surface area contributed by atoms with Gasteiger partial charge in [0.1, 0.15) is 23.9 Å². The van der Waals surface area contributed by atoms with Crippen LogP contribution in [0.15, 0.2) is 53.5 Å². The van der Waals surface area contributed by atoms with Gasteiger partial charge in [-0.25, -0.2) is 19.2 Å². The molecule has 0 unspecified atom stereocenters. The number of hydrogen-bond donors (Lipinski definition) is 2. The Hall–Kier alpha value is -3.61. The standard InChI is InChI=1S/C33H44N4O8.Na/c1-32(2,3)44-30(41)36(7)28(37(8)31(42)45-33(4,5)6)34-19-13-18-26(27(38)39)35-29(40)43-20-25-23-16-11-9-14-21(23)22-15-10-12-17-24(22)25;/h9-12,14-17,25-26H,13,18-20H2,1-8H3,(H,35,40)(H,38,39);/t26-;/m0./s1. The van der Waals surface area contributed by atoms with Gasteiger partial charge in [-0.15, -0.1) is 0 Å². The second kappa shape index (κ2) is 16.3. The van der Waals surface area contributed by atoms with Crippen molar-refractivity contribution in [2.45, 2.75) is 77.5 Å². The Kier molecular flexibility index (Phi) is 13.7. The summed E-state index contributed by atoms with van der Waals surface area (Å²) in [6.45, 7) is 10.3. The molecule has 0 spiro atoms. The number of alkyl carbamates (subject to hydrolysis) is 1. The van der Waals surface area contributed by atoms with Crippen LogP contribution < -0.4 is 5.32 Å². The number of nitrogens with zero attached hydrogens (tertiary/aromatic N) is 3. The summed E-state index contributed by atoms with van der Waals surface area (Å²) in [7, 11) is 2.82. The first-order chi connectivity index (χ1) is 21.0. The first kappa shape index (κ1) is 38.6. The molecule has 0 aromatic heterocycles. The van der Waals surface area contributed by atoms with Gasteiger partial charge in [0.15, 0.2) is 0 Å². The summed E-state index contributed by atoms with van der Waals surface area (Å²) >= 11 is 0. The van der Waals surface area contributed by atoms with Crippen LogP contribution in [0.5, 0.6) is 0 Å². The molecule has 13 heteroatoms. The van der Waals surface area contributed by atoms with E-state index in [-0.39, 0.29) is 67.4 Å². The van der Waals surface area contributed by atoms with E-state index in [4.69, 9.17) is 14.2 Å². The van der Waals surface area contributed by atoms with Crippen molar-refractivity contribution < 1.29 is 38.5 Å². The van der Waals surface area contributed by atoms with Crippen molar-refractivity contribution in [3.63, 3.8) is 0 Å². The van der Waals surface area contributed by atoms with Gasteiger partial charge >= 0.3 is 24.2 Å². The summed E-state index contributed by atoms with van der Waals surface area (Å²) in [5.41, 5.74) is 2.67. The molecule has 0 bridgehead atoms. The predicted octanol–water partition coefficient (Wildman–Crippen LogP) is 5.47. The van der Waals surface area contributed by atoms with E-state index in [1.165, 1.54) is 14.1 Å². The molecule has 0 fully saturated rings. The molecule has 245 valence electrons. The van der Waals surface area contributed by atoms with Crippen molar-refractivity contribution in [1.29, 1.82) is 0 Å². The molecule has 46 heavy (non-hydrogen) atoms. The number of amides is 3. The molecular weight excluding hydrogens is 603 g/mol. The van der Waals surface area contributed by atoms with Crippen LogP contribution in [0, 0.1) is 0 Å². The molecule has 0 saturated carbocycles. The van der Waals surface area contributed by atoms with Crippen molar-refractivity contribution >= 4 is 59.8 Å². The Morgan fingerprint density at radius 3 is 1.74 bits per heavy atom. The number of nitrogens with one attached hydrogen (secondary N) is 1. The summed E-state index contributed by atoms with van der Waals surface area (Å²) < 4.78 is 16.3. The fraction of sp³-hybridized carbons (Fsp3) is 0.485. The molecule has 1 atom stereocenters. The first-order valence-corrected chi connectivity index (χ1v) is 14.8. The van der Waals surface area contributed by atoms with E-state index >= 15 is 0 Å². The van der Waals surface area contributed by atoms with E-state index in [9.17, 15) is 24.3 Å². The second-order valence-corrected chi connectivity index (χ2v) is 12.8. The van der Waals surface area contributed by atoms with E-state index in [0.717, 1.165) is 32.1 Å². The molecule has 0 saturated heterocycles. The maximum atomic E-state index is 12.8. The quantitative estimate of drug-likeness (QED) is 0.126. The van der Waals surface area contributed by atoms with E-state index in [2.05, 4.69) is 10.3 Å². The van der Waals surface area contributed by atoms with Crippen molar-refractivity contribution in [1.82, 2.24) is 15.1 Å². The fourth-order valence-electron chi connectivity index (χ4n) is 4.78. The first-order valence-electron chi connectivity index (χ1n) is 14.8. The number of ether oxygens (including phenoxy) is 3. The second-order valence-electron chi connectivity index (χ2n) is 12.8. The number of hydrogen-bond acceptors (Lipinski definition) is 8. The molecule has 2 N–H and O–H groups in total. The summed E-state index contributed by atoms with van der Waals surface area (Å²) in [6, 6.07) is 14.6. The molecule has 0 aliphatic heterocycles. The summed E-state index contributed by atoms with van der Waals surface area (Å²) in [5.74, 6) is -1.44. The number of carboxylic acid groups (broad SMARTS) is 1. The Morgan fingerprint density at radius 1 is 0.848 bits per heavy atom. The third-order valence-corrected chi connectivity index (χ3v) is 6.77. The van der Waals surface area contributed by atoms with Gasteiger partial charge in [0.2, 0.25) is 5.96 Å². The Morgan fingerprint density at radius 2 is 1.30 bits per heavy atom. The summed E-state index contributed by atoms with van der Waals surface area (Å²) in [5, 5.41) is 12.2. The number of fused-ring (bicyclic) bond motifs is 3. The van der Waals surface area contributed by atoms with Gasteiger partial charge in [-0.2, -0.15) is 0 Å². The minimum Gasteiger partial charge on any atom is -0.480 e. The molecule has 3 amide bonds. The van der Waals surface area contributed by atoms with Crippen LogP contribution >= 0.6 is 0 Å². The summed E-state index contributed by atoms with van der Waals surface area (Å²) in [4.78, 5) is 56.7. The van der Waals surface area contributed by atoms with Crippen molar-refractivity contribution in [2.24, 2.45) is 4.99 Å². The van der Waals surface area contributed by atoms with Crippen LogP contribution in [0.3, 0.4) is 0 Å². The van der Waals surface area contributed by atoms with Gasteiger partial charge in [0.25, 0.3) is 0 Å². The number of aliphatic imine (C=N–C) groups is 1. The van der Waals surface area contributed by atoms with Gasteiger partial charge in [-0.1, -0.05) is 48.5 Å². The van der Waals surface area contributed by atoms with Gasteiger partial charge in [0, 0.05) is 56.1 Å². The minimum absolute atomic E-state index is 0. The number of rotatable bonds is 8. The number of aliphatic carboxylic acids is 1. The van der Waals surface area contributed by atoms with Crippen LogP contribution in [0.4, 0.5) is 14.4 Å². The zero-order valence-corrected chi connectivity index (χ0v) is 30.2. The Labute approximate surface area is 292 Å². The molecule has 2 aromatic carbocycles. The van der Waals surface area contributed by atoms with Crippen molar-refractivity contribution in [2.75, 3.05) is 27.2 Å². The van der Waals surface area contributed by atoms with Crippen LogP contribution in [-0.2, 0) is 19.0 Å². The monoisotopic (exact) mass is 647 g/mol. The molecule has 12 nitrogen and oxygen atoms in total. The zero-order chi connectivity index (χ0) is 33.5. The SMILES string of the molecule is CN(C(=O)OC(C)(C)C)C(=NCCC[C@H](NC(=O)OCC1c2ccccc2-c2ccccc21)C(=O)O)N(C)C(=O)OC(C)(C)C.[Na]. The third-order valence-electron chi connectivity index (χ3n) is 6.77. The van der Waals surface area contributed by atoms with E-state index in [1.54, 1.807) is 41.5 Å². The minimum atomic E-state index is -1.24. The molecule has 1 aliphatic carbocycles. The van der Waals surface area contributed by atoms with Crippen molar-refractivity contribution in [3.8, 4) is 11.1 Å². The van der Waals surface area contributed by atoms with Gasteiger partial charge in [0.05, 0.1) is 0 Å². The van der Waals surface area contributed by atoms with E-state index in [1.807, 2.05) is 48.5 Å². The molecule has 2 aromatic rings. The number of guanidine groups is 1. The Balaban J connectivity index is 0.00000736. The zero-order valence-electron chi connectivity index (χ0n) is 28.2. The smallest absolute Gasteiger partial charge is 0.416 e. The molecule has 1 aliphatic rings. The molecular formula is C33H44N4NaO8. The maximum Gasteiger partial charge on any atom is 0.416 e. The number of carbonyl (C=O) groups excluding carboxylic acids is 3. The van der Waals surface area contributed by atoms with Gasteiger partial charge in [-0.05, 0) is 76.6 Å². The van der Waals surface area contributed by atoms with Crippen molar-refractivity contribution in [3.05, 3.63) is 59.7 Å². The van der Waals surface area contributed by atoms with Crippen LogP contribution in [0.25, 0.3) is 11.1 Å². The number of carboxylic acids is 1. The van der Waals surface area contributed by atoms with Gasteiger partial charge < -0.3 is 24.6 Å². The molecule has 1 radical (unpaired) electrons. The van der Waals surface area contributed by atoms with Crippen LogP contribution in [-0.4, -0.2) is 119 Å². The topological polar surface area (TPSA) is 147 Å². The number of benzene rings is 2. The average molecular weight is 648 g/mol. The molecule has 0 heterocycles. The summed E-state index contributed by atoms with van der Waals surface area (Å²) in [6.07, 6.45) is -2.10. The Bertz CT molecular complexity index is 1350. The van der Waals surface area contributed by atoms with Gasteiger partial charge in [-0.3, -0.25) is 14.8 Å².